The summed E-state index contributed by atoms with van der Waals surface area (Å²) in [4.78, 5) is 42.2. The largest absolute Gasteiger partial charge is 0.481 e. The second-order valence-corrected chi connectivity index (χ2v) is 8.44. The standard InChI is InChI=1S/C26H23N3O4/c30-24(19-8-4-5-9-20(19)26(32)33)27-18-10-11-21-22(15-18)28-23-17(12-13-29(23)25(21)31)14-16-6-2-1-3-7-16/h1-7,10-11,14-15,19-20H,8-9,12-13H2,(H,27,30)(H,32,33)/b17-14+/t19-,20+/m1/s1. The molecule has 1 aromatic heterocycles. The van der Waals surface area contributed by atoms with Crippen molar-refractivity contribution in [1.29, 1.82) is 0 Å². The fraction of sp³-hybridized carbons (Fsp3) is 0.231. The van der Waals surface area contributed by atoms with Crippen molar-refractivity contribution >= 4 is 40.1 Å². The summed E-state index contributed by atoms with van der Waals surface area (Å²) in [6.45, 7) is 0.583. The quantitative estimate of drug-likeness (QED) is 0.597. The number of allylic oxidation sites excluding steroid dienone is 3. The van der Waals surface area contributed by atoms with E-state index in [0.717, 1.165) is 17.6 Å². The first kappa shape index (κ1) is 20.9. The first-order valence-electron chi connectivity index (χ1n) is 11.0. The smallest absolute Gasteiger partial charge is 0.307 e. The van der Waals surface area contributed by atoms with Crippen LogP contribution in [-0.2, 0) is 16.1 Å². The Morgan fingerprint density at radius 2 is 1.82 bits per heavy atom. The average Bonchev–Trinajstić information content (AvgIpc) is 3.22. The summed E-state index contributed by atoms with van der Waals surface area (Å²) < 4.78 is 1.70. The summed E-state index contributed by atoms with van der Waals surface area (Å²) >= 11 is 0. The molecule has 0 radical (unpaired) electrons. The third-order valence-corrected chi connectivity index (χ3v) is 6.34. The van der Waals surface area contributed by atoms with Gasteiger partial charge in [-0.2, -0.15) is 0 Å². The van der Waals surface area contributed by atoms with E-state index in [4.69, 9.17) is 4.98 Å². The van der Waals surface area contributed by atoms with E-state index in [0.29, 0.717) is 41.8 Å². The van der Waals surface area contributed by atoms with Gasteiger partial charge >= 0.3 is 5.97 Å². The molecule has 2 aromatic carbocycles. The second kappa shape index (κ2) is 8.50. The lowest BCUT2D eigenvalue weighted by atomic mass is 9.82. The minimum atomic E-state index is -0.971. The number of anilines is 1. The highest BCUT2D eigenvalue weighted by Crippen LogP contribution is 2.30. The minimum absolute atomic E-state index is 0.104. The molecule has 0 saturated carbocycles. The number of carboxylic acid groups (broad SMARTS) is 1. The number of carboxylic acids is 1. The minimum Gasteiger partial charge on any atom is -0.481 e. The Kier molecular flexibility index (Phi) is 5.38. The van der Waals surface area contributed by atoms with E-state index in [1.54, 1.807) is 28.8 Å². The molecular weight excluding hydrogens is 418 g/mol. The summed E-state index contributed by atoms with van der Waals surface area (Å²) in [7, 11) is 0. The van der Waals surface area contributed by atoms with Gasteiger partial charge in [-0.3, -0.25) is 19.0 Å². The number of amides is 1. The molecule has 1 aliphatic heterocycles. The van der Waals surface area contributed by atoms with Crippen molar-refractivity contribution in [3.05, 3.63) is 82.4 Å². The zero-order valence-corrected chi connectivity index (χ0v) is 17.9. The summed E-state index contributed by atoms with van der Waals surface area (Å²) in [6.07, 6.45) is 7.14. The van der Waals surface area contributed by atoms with Crippen molar-refractivity contribution < 1.29 is 14.7 Å². The molecule has 1 amide bonds. The van der Waals surface area contributed by atoms with Gasteiger partial charge in [-0.05, 0) is 54.7 Å². The van der Waals surface area contributed by atoms with Gasteiger partial charge in [-0.15, -0.1) is 0 Å². The first-order chi connectivity index (χ1) is 16.0. The van der Waals surface area contributed by atoms with E-state index < -0.39 is 17.8 Å². The number of carbonyl (C=O) groups excluding carboxylic acids is 1. The van der Waals surface area contributed by atoms with E-state index in [1.165, 1.54) is 0 Å². The number of aliphatic carboxylic acids is 1. The zero-order valence-electron chi connectivity index (χ0n) is 17.9. The first-order valence-corrected chi connectivity index (χ1v) is 11.0. The van der Waals surface area contributed by atoms with Crippen molar-refractivity contribution in [3.8, 4) is 0 Å². The van der Waals surface area contributed by atoms with Crippen LogP contribution in [0.1, 0.15) is 30.7 Å². The van der Waals surface area contributed by atoms with Crippen LogP contribution in [0.15, 0.2) is 65.5 Å². The van der Waals surface area contributed by atoms with Crippen LogP contribution in [0.3, 0.4) is 0 Å². The molecule has 2 aliphatic rings. The van der Waals surface area contributed by atoms with Gasteiger partial charge in [0.2, 0.25) is 5.91 Å². The molecule has 33 heavy (non-hydrogen) atoms. The fourth-order valence-corrected chi connectivity index (χ4v) is 4.59. The molecule has 0 bridgehead atoms. The molecule has 1 aliphatic carbocycles. The van der Waals surface area contributed by atoms with Crippen LogP contribution in [0.5, 0.6) is 0 Å². The van der Waals surface area contributed by atoms with E-state index in [2.05, 4.69) is 5.32 Å². The number of nitrogens with one attached hydrogen (secondary N) is 1. The maximum absolute atomic E-state index is 13.1. The SMILES string of the molecule is O=C(O)[C@H]1CC=CC[C@H]1C(=O)Nc1ccc2c(=O)n3c(nc2c1)/C(=C/c1ccccc1)CC3. The predicted octanol–water partition coefficient (Wildman–Crippen LogP) is 3.95. The predicted molar refractivity (Wildman–Crippen MR) is 127 cm³/mol. The van der Waals surface area contributed by atoms with Gasteiger partial charge in [0, 0.05) is 12.2 Å². The Labute approximate surface area is 190 Å². The Hall–Kier alpha value is -4.00. The topological polar surface area (TPSA) is 101 Å². The summed E-state index contributed by atoms with van der Waals surface area (Å²) in [5.41, 5.74) is 2.93. The Bertz CT molecular complexity index is 1370. The van der Waals surface area contributed by atoms with Crippen molar-refractivity contribution in [1.82, 2.24) is 9.55 Å². The number of hydrogen-bond acceptors (Lipinski definition) is 4. The summed E-state index contributed by atoms with van der Waals surface area (Å²) in [5.74, 6) is -2.05. The molecule has 0 saturated heterocycles. The highest BCUT2D eigenvalue weighted by molar-refractivity contribution is 5.97. The van der Waals surface area contributed by atoms with Crippen LogP contribution in [0.4, 0.5) is 5.69 Å². The van der Waals surface area contributed by atoms with Gasteiger partial charge in [-0.25, -0.2) is 4.98 Å². The van der Waals surface area contributed by atoms with Crippen LogP contribution in [0, 0.1) is 11.8 Å². The van der Waals surface area contributed by atoms with Gasteiger partial charge in [0.15, 0.2) is 0 Å². The maximum Gasteiger partial charge on any atom is 0.307 e. The molecule has 7 nitrogen and oxygen atoms in total. The molecule has 0 fully saturated rings. The van der Waals surface area contributed by atoms with Gasteiger partial charge in [0.1, 0.15) is 5.82 Å². The molecule has 2 atom stereocenters. The van der Waals surface area contributed by atoms with E-state index in [9.17, 15) is 19.5 Å². The van der Waals surface area contributed by atoms with E-state index in [1.807, 2.05) is 42.5 Å². The lowest BCUT2D eigenvalue weighted by molar-refractivity contribution is -0.146. The maximum atomic E-state index is 13.1. The van der Waals surface area contributed by atoms with Gasteiger partial charge in [0.25, 0.3) is 5.56 Å². The number of hydrogen-bond donors (Lipinski definition) is 2. The van der Waals surface area contributed by atoms with Crippen molar-refractivity contribution in [3.63, 3.8) is 0 Å². The van der Waals surface area contributed by atoms with Crippen molar-refractivity contribution in [2.75, 3.05) is 5.32 Å². The Morgan fingerprint density at radius 3 is 2.58 bits per heavy atom. The number of fused-ring (bicyclic) bond motifs is 2. The highest BCUT2D eigenvalue weighted by Gasteiger charge is 2.34. The summed E-state index contributed by atoms with van der Waals surface area (Å²) in [5, 5.41) is 12.8. The number of rotatable bonds is 4. The van der Waals surface area contributed by atoms with Gasteiger partial charge < -0.3 is 10.4 Å². The van der Waals surface area contributed by atoms with Gasteiger partial charge in [0.05, 0.1) is 22.7 Å². The lowest BCUT2D eigenvalue weighted by Gasteiger charge is -2.24. The molecule has 0 unspecified atom stereocenters. The monoisotopic (exact) mass is 441 g/mol. The molecule has 2 heterocycles. The zero-order chi connectivity index (χ0) is 22.9. The fourth-order valence-electron chi connectivity index (χ4n) is 4.59. The van der Waals surface area contributed by atoms with E-state index in [-0.39, 0.29) is 11.5 Å². The normalized spacial score (nSPS) is 20.7. The molecule has 7 heteroatoms. The molecular formula is C26H23N3O4. The van der Waals surface area contributed by atoms with Crippen molar-refractivity contribution in [2.24, 2.45) is 11.8 Å². The molecule has 3 aromatic rings. The summed E-state index contributed by atoms with van der Waals surface area (Å²) in [6, 6.07) is 14.9. The molecule has 5 rings (SSSR count). The second-order valence-electron chi connectivity index (χ2n) is 8.44. The van der Waals surface area contributed by atoms with Crippen LogP contribution >= 0.6 is 0 Å². The van der Waals surface area contributed by atoms with Crippen molar-refractivity contribution in [2.45, 2.75) is 25.8 Å². The van der Waals surface area contributed by atoms with Crippen LogP contribution < -0.4 is 10.9 Å². The number of benzene rings is 2. The van der Waals surface area contributed by atoms with Gasteiger partial charge in [-0.1, -0.05) is 42.5 Å². The van der Waals surface area contributed by atoms with Crippen LogP contribution in [0.2, 0.25) is 0 Å². The lowest BCUT2D eigenvalue weighted by Crippen LogP contribution is -2.34. The third-order valence-electron chi connectivity index (χ3n) is 6.34. The molecule has 2 N–H and O–H groups in total. The molecule has 166 valence electrons. The number of carbonyl (C=O) groups is 2. The Morgan fingerprint density at radius 1 is 1.06 bits per heavy atom. The number of aromatic nitrogens is 2. The van der Waals surface area contributed by atoms with E-state index >= 15 is 0 Å². The van der Waals surface area contributed by atoms with Crippen LogP contribution in [-0.4, -0.2) is 26.5 Å². The van der Waals surface area contributed by atoms with Crippen LogP contribution in [0.25, 0.3) is 22.6 Å². The number of nitrogens with zero attached hydrogens (tertiary/aromatic N) is 2. The average molecular weight is 441 g/mol. The molecule has 0 spiro atoms. The Balaban J connectivity index is 1.47. The highest BCUT2D eigenvalue weighted by atomic mass is 16.4. The third kappa shape index (κ3) is 3.98.